The second kappa shape index (κ2) is 8.68. The fourth-order valence-corrected chi connectivity index (χ4v) is 4.49. The number of nitro groups is 1. The van der Waals surface area contributed by atoms with Gasteiger partial charge in [0.2, 0.25) is 6.79 Å². The molecule has 0 saturated heterocycles. The molecule has 0 atom stereocenters. The molecular weight excluding hydrogens is 469 g/mol. The summed E-state index contributed by atoms with van der Waals surface area (Å²) in [6.07, 6.45) is 0. The summed E-state index contributed by atoms with van der Waals surface area (Å²) in [7, 11) is 0. The van der Waals surface area contributed by atoms with Crippen molar-refractivity contribution in [1.29, 1.82) is 0 Å². The predicted molar refractivity (Wildman–Crippen MR) is 123 cm³/mol. The van der Waals surface area contributed by atoms with Crippen LogP contribution in [0, 0.1) is 15.9 Å². The summed E-state index contributed by atoms with van der Waals surface area (Å²) in [5.41, 5.74) is 3.00. The number of hydrogen-bond acceptors (Lipinski definition) is 6. The largest absolute Gasteiger partial charge is 0.454 e. The van der Waals surface area contributed by atoms with Crippen LogP contribution < -0.4 is 14.3 Å². The van der Waals surface area contributed by atoms with Crippen LogP contribution in [0.1, 0.15) is 5.56 Å². The minimum absolute atomic E-state index is 0.0119. The van der Waals surface area contributed by atoms with Crippen molar-refractivity contribution in [1.82, 2.24) is 4.57 Å². The number of fused-ring (bicyclic) bond motifs is 1. The average Bonchev–Trinajstić information content (AvgIpc) is 3.43. The third-order valence-corrected chi connectivity index (χ3v) is 6.25. The summed E-state index contributed by atoms with van der Waals surface area (Å²) in [4.78, 5) is 15.8. The molecule has 10 heteroatoms. The van der Waals surface area contributed by atoms with E-state index in [4.69, 9.17) is 21.1 Å². The van der Waals surface area contributed by atoms with Gasteiger partial charge in [0.15, 0.2) is 16.3 Å². The van der Waals surface area contributed by atoms with Crippen molar-refractivity contribution in [2.24, 2.45) is 4.99 Å². The third kappa shape index (κ3) is 4.33. The van der Waals surface area contributed by atoms with E-state index < -0.39 is 10.7 Å². The van der Waals surface area contributed by atoms with Crippen molar-refractivity contribution in [3.63, 3.8) is 0 Å². The van der Waals surface area contributed by atoms with Gasteiger partial charge in [0.25, 0.3) is 5.69 Å². The molecule has 2 heterocycles. The van der Waals surface area contributed by atoms with Crippen molar-refractivity contribution in [3.8, 4) is 22.8 Å². The van der Waals surface area contributed by atoms with Crippen LogP contribution in [0.3, 0.4) is 0 Å². The lowest BCUT2D eigenvalue weighted by Crippen LogP contribution is -2.16. The first-order valence-electron chi connectivity index (χ1n) is 9.79. The molecule has 1 aliphatic heterocycles. The van der Waals surface area contributed by atoms with E-state index in [1.165, 1.54) is 35.6 Å². The highest BCUT2D eigenvalue weighted by Crippen LogP contribution is 2.33. The molecule has 0 N–H and O–H groups in total. The molecule has 0 radical (unpaired) electrons. The van der Waals surface area contributed by atoms with Crippen LogP contribution in [0.15, 0.2) is 71.0 Å². The van der Waals surface area contributed by atoms with Gasteiger partial charge in [-0.25, -0.2) is 9.38 Å². The van der Waals surface area contributed by atoms with Gasteiger partial charge in [-0.2, -0.15) is 0 Å². The minimum Gasteiger partial charge on any atom is -0.454 e. The molecule has 1 aromatic heterocycles. The van der Waals surface area contributed by atoms with Crippen molar-refractivity contribution >= 4 is 34.3 Å². The van der Waals surface area contributed by atoms with Gasteiger partial charge in [-0.1, -0.05) is 17.7 Å². The van der Waals surface area contributed by atoms with E-state index in [-0.39, 0.29) is 17.5 Å². The zero-order chi connectivity index (χ0) is 22.9. The smallest absolute Gasteiger partial charge is 0.269 e. The molecule has 33 heavy (non-hydrogen) atoms. The number of benzene rings is 3. The van der Waals surface area contributed by atoms with E-state index in [0.29, 0.717) is 28.5 Å². The Morgan fingerprint density at radius 1 is 1.09 bits per heavy atom. The average molecular weight is 484 g/mol. The van der Waals surface area contributed by atoms with E-state index in [1.807, 2.05) is 28.1 Å². The molecule has 0 spiro atoms. The Kier molecular flexibility index (Phi) is 5.57. The van der Waals surface area contributed by atoms with Gasteiger partial charge in [0, 0.05) is 23.6 Å². The van der Waals surface area contributed by atoms with Crippen molar-refractivity contribution in [2.75, 3.05) is 6.79 Å². The van der Waals surface area contributed by atoms with Gasteiger partial charge >= 0.3 is 0 Å². The van der Waals surface area contributed by atoms with E-state index in [1.54, 1.807) is 18.2 Å². The van der Waals surface area contributed by atoms with Crippen LogP contribution in [0.4, 0.5) is 15.8 Å². The lowest BCUT2D eigenvalue weighted by atomic mass is 10.1. The quantitative estimate of drug-likeness (QED) is 0.260. The molecule has 0 aliphatic carbocycles. The fraction of sp³-hybridized carbons (Fsp3) is 0.0870. The number of ether oxygens (including phenoxy) is 2. The lowest BCUT2D eigenvalue weighted by molar-refractivity contribution is -0.384. The zero-order valence-electron chi connectivity index (χ0n) is 16.9. The first-order valence-corrected chi connectivity index (χ1v) is 11.1. The zero-order valence-corrected chi connectivity index (χ0v) is 18.5. The summed E-state index contributed by atoms with van der Waals surface area (Å²) >= 11 is 7.18. The molecule has 0 saturated carbocycles. The van der Waals surface area contributed by atoms with Crippen molar-refractivity contribution in [3.05, 3.63) is 97.4 Å². The Balaban J connectivity index is 1.61. The Hall–Kier alpha value is -3.69. The highest BCUT2D eigenvalue weighted by atomic mass is 35.5. The maximum absolute atomic E-state index is 14.0. The van der Waals surface area contributed by atoms with E-state index in [9.17, 15) is 14.5 Å². The first kappa shape index (κ1) is 21.2. The molecule has 166 valence electrons. The van der Waals surface area contributed by atoms with Crippen LogP contribution in [0.2, 0.25) is 5.02 Å². The molecule has 5 rings (SSSR count). The summed E-state index contributed by atoms with van der Waals surface area (Å²) in [5, 5.41) is 13.0. The molecule has 0 amide bonds. The second-order valence-electron chi connectivity index (χ2n) is 7.19. The Labute approximate surface area is 196 Å². The summed E-state index contributed by atoms with van der Waals surface area (Å²) < 4.78 is 26.8. The maximum atomic E-state index is 14.0. The van der Waals surface area contributed by atoms with E-state index >= 15 is 0 Å². The van der Waals surface area contributed by atoms with Crippen molar-refractivity contribution in [2.45, 2.75) is 6.54 Å². The highest BCUT2D eigenvalue weighted by molar-refractivity contribution is 7.07. The van der Waals surface area contributed by atoms with E-state index in [0.717, 1.165) is 16.8 Å². The molecular formula is C23H15ClFN3O4S. The Morgan fingerprint density at radius 3 is 2.64 bits per heavy atom. The molecule has 0 bridgehead atoms. The van der Waals surface area contributed by atoms with Gasteiger partial charge in [0.1, 0.15) is 5.82 Å². The highest BCUT2D eigenvalue weighted by Gasteiger charge is 2.16. The molecule has 4 aromatic rings. The molecule has 0 unspecified atom stereocenters. The van der Waals surface area contributed by atoms with Gasteiger partial charge in [-0.05, 0) is 47.5 Å². The number of rotatable bonds is 5. The number of thiazole rings is 1. The first-order chi connectivity index (χ1) is 16.0. The number of halogens is 2. The second-order valence-corrected chi connectivity index (χ2v) is 8.44. The van der Waals surface area contributed by atoms with Gasteiger partial charge in [-0.3, -0.25) is 10.1 Å². The Morgan fingerprint density at radius 2 is 1.88 bits per heavy atom. The van der Waals surface area contributed by atoms with Gasteiger partial charge in [-0.15, -0.1) is 11.3 Å². The monoisotopic (exact) mass is 483 g/mol. The van der Waals surface area contributed by atoms with E-state index in [2.05, 4.69) is 4.99 Å². The lowest BCUT2D eigenvalue weighted by Gasteiger charge is -2.10. The van der Waals surface area contributed by atoms with Gasteiger partial charge in [0.05, 0.1) is 27.9 Å². The summed E-state index contributed by atoms with van der Waals surface area (Å²) in [6.45, 7) is 0.627. The third-order valence-electron chi connectivity index (χ3n) is 5.08. The number of non-ortho nitro benzene ring substituents is 1. The summed E-state index contributed by atoms with van der Waals surface area (Å²) in [5.74, 6) is 0.803. The molecule has 3 aromatic carbocycles. The standard InChI is InChI=1S/C23H15ClFN3O4S/c24-18-7-4-16(10-19(18)25)26-23-27(11-14-1-8-21-22(9-14)32-13-31-21)20(12-33-23)15-2-5-17(6-3-15)28(29)30/h1-10,12H,11,13H2. The number of nitrogens with zero attached hydrogens (tertiary/aromatic N) is 3. The minimum atomic E-state index is -0.549. The van der Waals surface area contributed by atoms with Gasteiger partial charge < -0.3 is 14.0 Å². The van der Waals surface area contributed by atoms with Crippen LogP contribution in [0.5, 0.6) is 11.5 Å². The number of aromatic nitrogens is 1. The fourth-order valence-electron chi connectivity index (χ4n) is 3.44. The molecule has 0 fully saturated rings. The predicted octanol–water partition coefficient (Wildman–Crippen LogP) is 5.93. The Bertz CT molecular complexity index is 1430. The van der Waals surface area contributed by atoms with Crippen LogP contribution in [0.25, 0.3) is 11.3 Å². The number of hydrogen-bond donors (Lipinski definition) is 0. The van der Waals surface area contributed by atoms with Crippen LogP contribution >= 0.6 is 22.9 Å². The molecule has 1 aliphatic rings. The van der Waals surface area contributed by atoms with Crippen LogP contribution in [-0.2, 0) is 6.54 Å². The van der Waals surface area contributed by atoms with Crippen molar-refractivity contribution < 1.29 is 18.8 Å². The maximum Gasteiger partial charge on any atom is 0.269 e. The molecule has 7 nitrogen and oxygen atoms in total. The topological polar surface area (TPSA) is 78.9 Å². The number of nitro benzene ring substituents is 1. The normalized spacial score (nSPS) is 12.8. The van der Waals surface area contributed by atoms with Crippen LogP contribution in [-0.4, -0.2) is 16.3 Å². The SMILES string of the molecule is O=[N+]([O-])c1ccc(-c2csc(=Nc3ccc(Cl)c(F)c3)n2Cc2ccc3c(c2)OCO3)cc1. The summed E-state index contributed by atoms with van der Waals surface area (Å²) in [6, 6.07) is 16.4.